The molecule has 0 aliphatic rings. The van der Waals surface area contributed by atoms with Crippen molar-refractivity contribution in [2.75, 3.05) is 0 Å². The van der Waals surface area contributed by atoms with E-state index in [4.69, 9.17) is 21.1 Å². The molecule has 0 aromatic heterocycles. The van der Waals surface area contributed by atoms with Crippen LogP contribution >= 0.6 is 11.6 Å². The Bertz CT molecular complexity index is 910. The summed E-state index contributed by atoms with van der Waals surface area (Å²) in [6.45, 7) is 0.0899. The van der Waals surface area contributed by atoms with Gasteiger partial charge in [0.2, 0.25) is 6.10 Å². The molecule has 27 heavy (non-hydrogen) atoms. The van der Waals surface area contributed by atoms with Crippen LogP contribution in [0, 0.1) is 0 Å². The van der Waals surface area contributed by atoms with Gasteiger partial charge in [0.05, 0.1) is 10.6 Å². The van der Waals surface area contributed by atoms with E-state index in [1.807, 2.05) is 36.4 Å². The second-order valence-corrected chi connectivity index (χ2v) is 6.18. The molecule has 5 heteroatoms. The molecule has 1 atom stereocenters. The number of halogens is 1. The quantitative estimate of drug-likeness (QED) is 0.566. The van der Waals surface area contributed by atoms with Crippen LogP contribution in [0.5, 0.6) is 0 Å². The molecule has 3 aromatic rings. The number of esters is 2. The molecule has 0 saturated carbocycles. The third kappa shape index (κ3) is 4.96. The van der Waals surface area contributed by atoms with Crippen molar-refractivity contribution in [3.63, 3.8) is 0 Å². The molecule has 3 aromatic carbocycles. The Balaban J connectivity index is 1.78. The van der Waals surface area contributed by atoms with Gasteiger partial charge in [-0.15, -0.1) is 0 Å². The molecule has 0 spiro atoms. The summed E-state index contributed by atoms with van der Waals surface area (Å²) in [7, 11) is 0. The van der Waals surface area contributed by atoms with Crippen LogP contribution in [0.3, 0.4) is 0 Å². The minimum Gasteiger partial charge on any atom is -0.458 e. The summed E-state index contributed by atoms with van der Waals surface area (Å²) in [6.07, 6.45) is -1.18. The van der Waals surface area contributed by atoms with E-state index in [1.54, 1.807) is 48.5 Å². The number of hydrogen-bond donors (Lipinski definition) is 0. The first kappa shape index (κ1) is 18.7. The zero-order valence-electron chi connectivity index (χ0n) is 14.4. The maximum atomic E-state index is 12.6. The second-order valence-electron chi connectivity index (χ2n) is 5.77. The lowest BCUT2D eigenvalue weighted by Gasteiger charge is -2.17. The minimum absolute atomic E-state index is 0.0899. The molecule has 0 aliphatic carbocycles. The third-order valence-corrected chi connectivity index (χ3v) is 4.19. The molecule has 0 N–H and O–H groups in total. The smallest absolute Gasteiger partial charge is 0.352 e. The second kappa shape index (κ2) is 9.01. The number of carbonyl (C=O) groups excluding carboxylic acids is 2. The first-order valence-electron chi connectivity index (χ1n) is 8.36. The lowest BCUT2D eigenvalue weighted by molar-refractivity contribution is -0.155. The molecule has 3 rings (SSSR count). The SMILES string of the molecule is O=C(OC(C(=O)OCc1ccccc1)c1ccccc1)c1ccccc1Cl. The van der Waals surface area contributed by atoms with Crippen LogP contribution in [0.4, 0.5) is 0 Å². The van der Waals surface area contributed by atoms with E-state index in [9.17, 15) is 9.59 Å². The molecular weight excluding hydrogens is 364 g/mol. The van der Waals surface area contributed by atoms with Crippen LogP contribution in [-0.2, 0) is 20.9 Å². The summed E-state index contributed by atoms with van der Waals surface area (Å²) in [5.74, 6) is -1.34. The monoisotopic (exact) mass is 380 g/mol. The summed E-state index contributed by atoms with van der Waals surface area (Å²) in [6, 6.07) is 24.5. The van der Waals surface area contributed by atoms with Crippen molar-refractivity contribution in [3.8, 4) is 0 Å². The lowest BCUT2D eigenvalue weighted by atomic mass is 10.1. The van der Waals surface area contributed by atoms with Gasteiger partial charge >= 0.3 is 11.9 Å². The average molecular weight is 381 g/mol. The maximum Gasteiger partial charge on any atom is 0.352 e. The van der Waals surface area contributed by atoms with E-state index < -0.39 is 18.0 Å². The Labute approximate surface area is 162 Å². The van der Waals surface area contributed by atoms with Gasteiger partial charge in [-0.3, -0.25) is 0 Å². The maximum absolute atomic E-state index is 12.6. The number of hydrogen-bond acceptors (Lipinski definition) is 4. The largest absolute Gasteiger partial charge is 0.458 e. The molecule has 4 nitrogen and oxygen atoms in total. The number of benzene rings is 3. The molecule has 1 unspecified atom stereocenters. The number of ether oxygens (including phenoxy) is 2. The van der Waals surface area contributed by atoms with E-state index in [2.05, 4.69) is 0 Å². The summed E-state index contributed by atoms with van der Waals surface area (Å²) >= 11 is 6.05. The lowest BCUT2D eigenvalue weighted by Crippen LogP contribution is -2.22. The van der Waals surface area contributed by atoms with E-state index >= 15 is 0 Å². The van der Waals surface area contributed by atoms with Gasteiger partial charge in [-0.1, -0.05) is 84.4 Å². The third-order valence-electron chi connectivity index (χ3n) is 3.86. The summed E-state index contributed by atoms with van der Waals surface area (Å²) in [5.41, 5.74) is 1.56. The van der Waals surface area contributed by atoms with E-state index in [-0.39, 0.29) is 17.2 Å². The molecule has 0 heterocycles. The van der Waals surface area contributed by atoms with Gasteiger partial charge in [-0.05, 0) is 17.7 Å². The van der Waals surface area contributed by atoms with Crippen molar-refractivity contribution in [3.05, 3.63) is 107 Å². The van der Waals surface area contributed by atoms with Crippen LogP contribution in [0.15, 0.2) is 84.9 Å². The van der Waals surface area contributed by atoms with Gasteiger partial charge in [0.15, 0.2) is 0 Å². The van der Waals surface area contributed by atoms with Crippen LogP contribution < -0.4 is 0 Å². The highest BCUT2D eigenvalue weighted by Crippen LogP contribution is 2.24. The molecule has 0 bridgehead atoms. The Kier molecular flexibility index (Phi) is 6.23. The fourth-order valence-electron chi connectivity index (χ4n) is 2.48. The van der Waals surface area contributed by atoms with Crippen molar-refractivity contribution < 1.29 is 19.1 Å². The fourth-order valence-corrected chi connectivity index (χ4v) is 2.69. The van der Waals surface area contributed by atoms with Crippen LogP contribution in [0.2, 0.25) is 5.02 Å². The summed E-state index contributed by atoms with van der Waals surface area (Å²) in [5, 5.41) is 0.256. The predicted octanol–water partition coefficient (Wildman–Crippen LogP) is 4.98. The van der Waals surface area contributed by atoms with Crippen LogP contribution in [0.1, 0.15) is 27.6 Å². The highest BCUT2D eigenvalue weighted by molar-refractivity contribution is 6.33. The fraction of sp³-hybridized carbons (Fsp3) is 0.0909. The Morgan fingerprint density at radius 2 is 1.41 bits per heavy atom. The highest BCUT2D eigenvalue weighted by Gasteiger charge is 2.28. The van der Waals surface area contributed by atoms with Crippen LogP contribution in [-0.4, -0.2) is 11.9 Å². The zero-order chi connectivity index (χ0) is 19.1. The minimum atomic E-state index is -1.18. The van der Waals surface area contributed by atoms with Gasteiger partial charge in [0, 0.05) is 5.56 Å². The van der Waals surface area contributed by atoms with E-state index in [0.29, 0.717) is 5.56 Å². The molecular formula is C22H17ClO4. The summed E-state index contributed by atoms with van der Waals surface area (Å²) < 4.78 is 10.8. The van der Waals surface area contributed by atoms with Gasteiger partial charge in [-0.25, -0.2) is 9.59 Å². The Morgan fingerprint density at radius 3 is 2.07 bits per heavy atom. The molecule has 0 amide bonds. The van der Waals surface area contributed by atoms with Crippen molar-refractivity contribution in [2.45, 2.75) is 12.7 Å². The Hall–Kier alpha value is -3.11. The molecule has 0 aliphatic heterocycles. The predicted molar refractivity (Wildman–Crippen MR) is 102 cm³/mol. The molecule has 0 radical (unpaired) electrons. The topological polar surface area (TPSA) is 52.6 Å². The zero-order valence-corrected chi connectivity index (χ0v) is 15.1. The molecule has 0 fully saturated rings. The molecule has 0 saturated heterocycles. The van der Waals surface area contributed by atoms with E-state index in [1.165, 1.54) is 0 Å². The van der Waals surface area contributed by atoms with Crippen molar-refractivity contribution in [1.29, 1.82) is 0 Å². The number of rotatable bonds is 6. The first-order valence-corrected chi connectivity index (χ1v) is 8.74. The standard InChI is InChI=1S/C22H17ClO4/c23-19-14-8-7-13-18(19)21(24)27-20(17-11-5-2-6-12-17)22(25)26-15-16-9-3-1-4-10-16/h1-14,20H,15H2. The normalized spacial score (nSPS) is 11.4. The van der Waals surface area contributed by atoms with Gasteiger partial charge in [0.25, 0.3) is 0 Å². The van der Waals surface area contributed by atoms with E-state index in [0.717, 1.165) is 5.56 Å². The number of carbonyl (C=O) groups is 2. The highest BCUT2D eigenvalue weighted by atomic mass is 35.5. The average Bonchev–Trinajstić information content (AvgIpc) is 2.72. The van der Waals surface area contributed by atoms with Crippen molar-refractivity contribution in [2.24, 2.45) is 0 Å². The Morgan fingerprint density at radius 1 is 0.815 bits per heavy atom. The van der Waals surface area contributed by atoms with Crippen LogP contribution in [0.25, 0.3) is 0 Å². The van der Waals surface area contributed by atoms with Gasteiger partial charge in [0.1, 0.15) is 6.61 Å². The van der Waals surface area contributed by atoms with Gasteiger partial charge < -0.3 is 9.47 Å². The molecule has 136 valence electrons. The van der Waals surface area contributed by atoms with Crippen molar-refractivity contribution in [1.82, 2.24) is 0 Å². The van der Waals surface area contributed by atoms with Gasteiger partial charge in [-0.2, -0.15) is 0 Å². The van der Waals surface area contributed by atoms with Crippen molar-refractivity contribution >= 4 is 23.5 Å². The first-order chi connectivity index (χ1) is 13.1. The summed E-state index contributed by atoms with van der Waals surface area (Å²) in [4.78, 5) is 25.1.